The zero-order valence-corrected chi connectivity index (χ0v) is 12.5. The highest BCUT2D eigenvalue weighted by atomic mass is 16.5. The van der Waals surface area contributed by atoms with Gasteiger partial charge in [-0.2, -0.15) is 0 Å². The molecule has 1 aliphatic carbocycles. The van der Waals surface area contributed by atoms with E-state index in [0.717, 1.165) is 18.8 Å². The Labute approximate surface area is 112 Å². The lowest BCUT2D eigenvalue weighted by molar-refractivity contribution is -0.153. The molecule has 0 N–H and O–H groups in total. The summed E-state index contributed by atoms with van der Waals surface area (Å²) in [6, 6.07) is 0. The number of hydrogen-bond acceptors (Lipinski definition) is 2. The van der Waals surface area contributed by atoms with E-state index in [0.29, 0.717) is 18.3 Å². The molecule has 0 fully saturated rings. The van der Waals surface area contributed by atoms with E-state index in [4.69, 9.17) is 4.74 Å². The Balaban J connectivity index is 2.46. The van der Waals surface area contributed by atoms with E-state index >= 15 is 0 Å². The maximum Gasteiger partial charge on any atom is 0.310 e. The van der Waals surface area contributed by atoms with Gasteiger partial charge in [-0.3, -0.25) is 4.79 Å². The molecule has 0 aliphatic heterocycles. The molecule has 0 aromatic rings. The van der Waals surface area contributed by atoms with Crippen LogP contribution in [0, 0.1) is 17.8 Å². The third-order valence-corrected chi connectivity index (χ3v) is 3.72. The molecular weight excluding hydrogens is 224 g/mol. The average molecular weight is 252 g/mol. The van der Waals surface area contributed by atoms with Gasteiger partial charge in [-0.25, -0.2) is 0 Å². The second-order valence-electron chi connectivity index (χ2n) is 6.36. The summed E-state index contributed by atoms with van der Waals surface area (Å²) in [6.45, 7) is 10.7. The first-order valence-corrected chi connectivity index (χ1v) is 7.27. The standard InChI is InChI=1S/C16H28O2/c1-11(2)16(12(3)4)18-15(17)10-14-8-6-13(5)7-9-14/h8,11-13,16H,6-7,9-10H2,1-5H3. The number of rotatable bonds is 5. The number of carbonyl (C=O) groups is 1. The van der Waals surface area contributed by atoms with Gasteiger partial charge in [0.1, 0.15) is 6.10 Å². The van der Waals surface area contributed by atoms with Crippen molar-refractivity contribution in [3.05, 3.63) is 11.6 Å². The fraction of sp³-hybridized carbons (Fsp3) is 0.812. The molecule has 0 bridgehead atoms. The van der Waals surface area contributed by atoms with E-state index in [1.165, 1.54) is 12.0 Å². The van der Waals surface area contributed by atoms with Gasteiger partial charge in [0.25, 0.3) is 0 Å². The van der Waals surface area contributed by atoms with Gasteiger partial charge in [0.2, 0.25) is 0 Å². The van der Waals surface area contributed by atoms with E-state index in [1.807, 2.05) is 0 Å². The zero-order valence-electron chi connectivity index (χ0n) is 12.5. The van der Waals surface area contributed by atoms with Crippen molar-refractivity contribution in [3.8, 4) is 0 Å². The van der Waals surface area contributed by atoms with Crippen molar-refractivity contribution in [2.75, 3.05) is 0 Å². The Hall–Kier alpha value is -0.790. The van der Waals surface area contributed by atoms with Crippen molar-refractivity contribution in [1.29, 1.82) is 0 Å². The molecule has 0 aromatic carbocycles. The molecule has 2 nitrogen and oxygen atoms in total. The van der Waals surface area contributed by atoms with Crippen molar-refractivity contribution in [2.24, 2.45) is 17.8 Å². The molecule has 0 aromatic heterocycles. The van der Waals surface area contributed by atoms with Gasteiger partial charge >= 0.3 is 5.97 Å². The van der Waals surface area contributed by atoms with E-state index in [-0.39, 0.29) is 12.1 Å². The Morgan fingerprint density at radius 3 is 2.39 bits per heavy atom. The van der Waals surface area contributed by atoms with Crippen molar-refractivity contribution in [3.63, 3.8) is 0 Å². The second-order valence-corrected chi connectivity index (χ2v) is 6.36. The van der Waals surface area contributed by atoms with Crippen LogP contribution in [-0.4, -0.2) is 12.1 Å². The summed E-state index contributed by atoms with van der Waals surface area (Å²) >= 11 is 0. The highest BCUT2D eigenvalue weighted by molar-refractivity contribution is 5.72. The van der Waals surface area contributed by atoms with Crippen LogP contribution >= 0.6 is 0 Å². The van der Waals surface area contributed by atoms with Crippen LogP contribution in [0.15, 0.2) is 11.6 Å². The van der Waals surface area contributed by atoms with Gasteiger partial charge in [0.15, 0.2) is 0 Å². The molecule has 104 valence electrons. The van der Waals surface area contributed by atoms with Crippen molar-refractivity contribution in [2.45, 2.75) is 66.4 Å². The van der Waals surface area contributed by atoms with Gasteiger partial charge < -0.3 is 4.74 Å². The summed E-state index contributed by atoms with van der Waals surface area (Å²) in [6.07, 6.45) is 6.14. The molecule has 0 saturated carbocycles. The number of hydrogen-bond donors (Lipinski definition) is 0. The van der Waals surface area contributed by atoms with Crippen LogP contribution in [0.25, 0.3) is 0 Å². The first-order chi connectivity index (χ1) is 8.40. The molecule has 0 radical (unpaired) electrons. The fourth-order valence-corrected chi connectivity index (χ4v) is 2.60. The quantitative estimate of drug-likeness (QED) is 0.537. The van der Waals surface area contributed by atoms with Gasteiger partial charge in [0.05, 0.1) is 6.42 Å². The smallest absolute Gasteiger partial charge is 0.310 e. The average Bonchev–Trinajstić information content (AvgIpc) is 2.28. The summed E-state index contributed by atoms with van der Waals surface area (Å²) in [7, 11) is 0. The molecule has 1 rings (SSSR count). The van der Waals surface area contributed by atoms with Crippen LogP contribution < -0.4 is 0 Å². The summed E-state index contributed by atoms with van der Waals surface area (Å²) in [5, 5.41) is 0. The van der Waals surface area contributed by atoms with Crippen LogP contribution in [-0.2, 0) is 9.53 Å². The largest absolute Gasteiger partial charge is 0.462 e. The molecule has 2 heteroatoms. The Kier molecular flexibility index (Phi) is 5.90. The molecule has 1 unspecified atom stereocenters. The molecule has 18 heavy (non-hydrogen) atoms. The van der Waals surface area contributed by atoms with Crippen molar-refractivity contribution in [1.82, 2.24) is 0 Å². The normalized spacial score (nSPS) is 20.4. The minimum atomic E-state index is -0.0526. The minimum Gasteiger partial charge on any atom is -0.462 e. The molecule has 0 spiro atoms. The van der Waals surface area contributed by atoms with Gasteiger partial charge in [0, 0.05) is 0 Å². The van der Waals surface area contributed by atoms with E-state index < -0.39 is 0 Å². The monoisotopic (exact) mass is 252 g/mol. The SMILES string of the molecule is CC1CC=C(CC(=O)OC(C(C)C)C(C)C)CC1. The molecule has 0 saturated heterocycles. The van der Waals surface area contributed by atoms with Gasteiger partial charge in [-0.15, -0.1) is 0 Å². The number of esters is 1. The molecule has 0 amide bonds. The van der Waals surface area contributed by atoms with Gasteiger partial charge in [-0.1, -0.05) is 46.3 Å². The summed E-state index contributed by atoms with van der Waals surface area (Å²) in [5.74, 6) is 1.48. The van der Waals surface area contributed by atoms with Crippen LogP contribution in [0.3, 0.4) is 0 Å². The van der Waals surface area contributed by atoms with Crippen LogP contribution in [0.1, 0.15) is 60.3 Å². The predicted octanol–water partition coefficient (Wildman–Crippen LogP) is 4.35. The van der Waals surface area contributed by atoms with E-state index in [1.54, 1.807) is 0 Å². The third kappa shape index (κ3) is 4.83. The first-order valence-electron chi connectivity index (χ1n) is 7.27. The lowest BCUT2D eigenvalue weighted by atomic mass is 9.90. The van der Waals surface area contributed by atoms with E-state index in [2.05, 4.69) is 40.7 Å². The Bertz CT molecular complexity index is 294. The summed E-state index contributed by atoms with van der Waals surface area (Å²) in [5.41, 5.74) is 1.27. The zero-order chi connectivity index (χ0) is 13.7. The third-order valence-electron chi connectivity index (χ3n) is 3.72. The Morgan fingerprint density at radius 1 is 1.33 bits per heavy atom. The van der Waals surface area contributed by atoms with Crippen molar-refractivity contribution >= 4 is 5.97 Å². The molecular formula is C16H28O2. The fourth-order valence-electron chi connectivity index (χ4n) is 2.60. The minimum absolute atomic E-state index is 0.0422. The second kappa shape index (κ2) is 6.96. The number of carbonyl (C=O) groups excluding carboxylic acids is 1. The van der Waals surface area contributed by atoms with E-state index in [9.17, 15) is 4.79 Å². The maximum atomic E-state index is 11.9. The number of allylic oxidation sites excluding steroid dienone is 1. The molecule has 1 atom stereocenters. The molecule has 1 aliphatic rings. The summed E-state index contributed by atoms with van der Waals surface area (Å²) in [4.78, 5) is 11.9. The van der Waals surface area contributed by atoms with Crippen LogP contribution in [0.4, 0.5) is 0 Å². The lowest BCUT2D eigenvalue weighted by Crippen LogP contribution is -2.29. The van der Waals surface area contributed by atoms with Crippen LogP contribution in [0.2, 0.25) is 0 Å². The molecule has 0 heterocycles. The maximum absolute atomic E-state index is 11.9. The lowest BCUT2D eigenvalue weighted by Gasteiger charge is -2.25. The highest BCUT2D eigenvalue weighted by Gasteiger charge is 2.22. The highest BCUT2D eigenvalue weighted by Crippen LogP contribution is 2.26. The topological polar surface area (TPSA) is 26.3 Å². The summed E-state index contributed by atoms with van der Waals surface area (Å²) < 4.78 is 5.62. The van der Waals surface area contributed by atoms with Gasteiger partial charge in [-0.05, 0) is 37.0 Å². The van der Waals surface area contributed by atoms with Crippen molar-refractivity contribution < 1.29 is 9.53 Å². The first kappa shape index (κ1) is 15.3. The predicted molar refractivity (Wildman–Crippen MR) is 75.3 cm³/mol. The number of ether oxygens (including phenoxy) is 1. The van der Waals surface area contributed by atoms with Crippen LogP contribution in [0.5, 0.6) is 0 Å². The Morgan fingerprint density at radius 2 is 1.94 bits per heavy atom.